The number of nitrogens with zero attached hydrogens (tertiary/aromatic N) is 2. The summed E-state index contributed by atoms with van der Waals surface area (Å²) in [7, 11) is 1.88. The second-order valence-corrected chi connectivity index (χ2v) is 8.84. The molecule has 28 heavy (non-hydrogen) atoms. The lowest BCUT2D eigenvalue weighted by Gasteiger charge is -2.48. The van der Waals surface area contributed by atoms with Gasteiger partial charge < -0.3 is 20.1 Å². The van der Waals surface area contributed by atoms with Gasteiger partial charge in [-0.2, -0.15) is 0 Å². The molecule has 1 atom stereocenters. The van der Waals surface area contributed by atoms with E-state index in [2.05, 4.69) is 20.5 Å². The van der Waals surface area contributed by atoms with Gasteiger partial charge in [-0.3, -0.25) is 9.89 Å². The molecule has 1 unspecified atom stereocenters. The Labute approximate surface area is 171 Å². The maximum atomic E-state index is 5.80. The van der Waals surface area contributed by atoms with Crippen molar-refractivity contribution >= 4 is 5.96 Å². The third kappa shape index (κ3) is 6.60. The van der Waals surface area contributed by atoms with Gasteiger partial charge in [-0.25, -0.2) is 0 Å². The topological polar surface area (TPSA) is 58.1 Å². The maximum absolute atomic E-state index is 5.80. The number of likely N-dealkylation sites (tertiary alicyclic amines) is 1. The van der Waals surface area contributed by atoms with Crippen LogP contribution in [0.1, 0.15) is 64.2 Å². The fraction of sp³-hybridized carbons (Fsp3) is 0.955. The summed E-state index contributed by atoms with van der Waals surface area (Å²) in [5.41, 5.74) is 0.336. The van der Waals surface area contributed by atoms with Crippen LogP contribution in [0.15, 0.2) is 4.99 Å². The summed E-state index contributed by atoms with van der Waals surface area (Å²) in [6.45, 7) is 7.88. The Hall–Kier alpha value is -0.850. The number of hydrogen-bond acceptors (Lipinski definition) is 4. The third-order valence-corrected chi connectivity index (χ3v) is 6.76. The molecule has 0 spiro atoms. The molecule has 0 aromatic heterocycles. The van der Waals surface area contributed by atoms with Gasteiger partial charge in [0.05, 0.1) is 13.2 Å². The Morgan fingerprint density at radius 3 is 2.61 bits per heavy atom. The van der Waals surface area contributed by atoms with Crippen molar-refractivity contribution < 1.29 is 9.47 Å². The van der Waals surface area contributed by atoms with Crippen LogP contribution in [0.3, 0.4) is 0 Å². The second kappa shape index (κ2) is 12.0. The minimum Gasteiger partial charge on any atom is -0.381 e. The van der Waals surface area contributed by atoms with Crippen LogP contribution in [0.25, 0.3) is 0 Å². The van der Waals surface area contributed by atoms with Crippen molar-refractivity contribution in [1.82, 2.24) is 15.5 Å². The first-order valence-electron chi connectivity index (χ1n) is 11.7. The fourth-order valence-corrected chi connectivity index (χ4v) is 5.00. The summed E-state index contributed by atoms with van der Waals surface area (Å²) < 4.78 is 11.2. The molecule has 6 heteroatoms. The Morgan fingerprint density at radius 2 is 1.89 bits per heavy atom. The van der Waals surface area contributed by atoms with Crippen molar-refractivity contribution in [2.24, 2.45) is 10.9 Å². The molecule has 0 bridgehead atoms. The Kier molecular flexibility index (Phi) is 9.35. The number of hydrogen-bond donors (Lipinski definition) is 2. The SMILES string of the molecule is CN=C(NCCCOCC1CCOC1)NCC1(N2CCCCC2)CCCCC1. The van der Waals surface area contributed by atoms with Crippen LogP contribution >= 0.6 is 0 Å². The van der Waals surface area contributed by atoms with Gasteiger partial charge in [0.25, 0.3) is 0 Å². The highest BCUT2D eigenvalue weighted by Gasteiger charge is 2.38. The Bertz CT molecular complexity index is 453. The van der Waals surface area contributed by atoms with Crippen molar-refractivity contribution in [3.63, 3.8) is 0 Å². The lowest BCUT2D eigenvalue weighted by atomic mass is 9.79. The number of aliphatic imine (C=N–C) groups is 1. The second-order valence-electron chi connectivity index (χ2n) is 8.84. The molecule has 3 aliphatic rings. The predicted molar refractivity (Wildman–Crippen MR) is 115 cm³/mol. The predicted octanol–water partition coefficient (Wildman–Crippen LogP) is 2.78. The zero-order chi connectivity index (χ0) is 19.5. The van der Waals surface area contributed by atoms with E-state index in [1.807, 2.05) is 7.05 Å². The molecule has 2 heterocycles. The monoisotopic (exact) mass is 394 g/mol. The van der Waals surface area contributed by atoms with Crippen molar-refractivity contribution in [2.75, 3.05) is 59.7 Å². The normalized spacial score (nSPS) is 26.3. The average Bonchev–Trinajstić information content (AvgIpc) is 3.27. The number of piperidine rings is 1. The van der Waals surface area contributed by atoms with Crippen molar-refractivity contribution in [3.05, 3.63) is 0 Å². The molecule has 0 aromatic carbocycles. The first kappa shape index (κ1) is 21.8. The third-order valence-electron chi connectivity index (χ3n) is 6.76. The van der Waals surface area contributed by atoms with Crippen LogP contribution in [0, 0.1) is 5.92 Å². The van der Waals surface area contributed by atoms with E-state index in [1.165, 1.54) is 64.5 Å². The molecule has 2 saturated heterocycles. The molecule has 0 amide bonds. The van der Waals surface area contributed by atoms with Crippen molar-refractivity contribution in [3.8, 4) is 0 Å². The van der Waals surface area contributed by atoms with E-state index in [4.69, 9.17) is 9.47 Å². The quantitative estimate of drug-likeness (QED) is 0.358. The van der Waals surface area contributed by atoms with Gasteiger partial charge in [0.2, 0.25) is 0 Å². The van der Waals surface area contributed by atoms with Gasteiger partial charge in [0, 0.05) is 44.8 Å². The van der Waals surface area contributed by atoms with Crippen LogP contribution in [-0.4, -0.2) is 76.1 Å². The number of nitrogens with one attached hydrogen (secondary N) is 2. The smallest absolute Gasteiger partial charge is 0.191 e. The largest absolute Gasteiger partial charge is 0.381 e. The van der Waals surface area contributed by atoms with E-state index in [9.17, 15) is 0 Å². The molecule has 162 valence electrons. The van der Waals surface area contributed by atoms with Crippen molar-refractivity contribution in [2.45, 2.75) is 69.7 Å². The zero-order valence-electron chi connectivity index (χ0n) is 18.0. The van der Waals surface area contributed by atoms with E-state index >= 15 is 0 Å². The molecule has 6 nitrogen and oxygen atoms in total. The minimum atomic E-state index is 0.336. The van der Waals surface area contributed by atoms with E-state index in [0.717, 1.165) is 58.3 Å². The number of guanidine groups is 1. The lowest BCUT2D eigenvalue weighted by molar-refractivity contribution is 0.0368. The summed E-state index contributed by atoms with van der Waals surface area (Å²) in [5.74, 6) is 1.54. The molecule has 2 N–H and O–H groups in total. The van der Waals surface area contributed by atoms with Gasteiger partial charge in [-0.05, 0) is 51.6 Å². The van der Waals surface area contributed by atoms with Crippen LogP contribution in [-0.2, 0) is 9.47 Å². The molecular formula is C22H42N4O2. The highest BCUT2D eigenvalue weighted by atomic mass is 16.5. The summed E-state index contributed by atoms with van der Waals surface area (Å²) in [4.78, 5) is 7.24. The summed E-state index contributed by atoms with van der Waals surface area (Å²) in [6.07, 6.45) is 13.1. The molecule has 1 saturated carbocycles. The Balaban J connectivity index is 1.35. The fourth-order valence-electron chi connectivity index (χ4n) is 5.00. The molecule has 2 aliphatic heterocycles. The van der Waals surface area contributed by atoms with E-state index in [1.54, 1.807) is 0 Å². The van der Waals surface area contributed by atoms with Gasteiger partial charge in [0.15, 0.2) is 5.96 Å². The van der Waals surface area contributed by atoms with Crippen LogP contribution < -0.4 is 10.6 Å². The lowest BCUT2D eigenvalue weighted by Crippen LogP contribution is -2.59. The molecule has 0 radical (unpaired) electrons. The highest BCUT2D eigenvalue weighted by Crippen LogP contribution is 2.35. The average molecular weight is 395 g/mol. The van der Waals surface area contributed by atoms with Gasteiger partial charge >= 0.3 is 0 Å². The summed E-state index contributed by atoms with van der Waals surface area (Å²) >= 11 is 0. The number of ether oxygens (including phenoxy) is 2. The van der Waals surface area contributed by atoms with E-state index in [-0.39, 0.29) is 0 Å². The summed E-state index contributed by atoms with van der Waals surface area (Å²) in [5, 5.41) is 7.13. The van der Waals surface area contributed by atoms with E-state index in [0.29, 0.717) is 11.5 Å². The maximum Gasteiger partial charge on any atom is 0.191 e. The summed E-state index contributed by atoms with van der Waals surface area (Å²) in [6, 6.07) is 0. The van der Waals surface area contributed by atoms with Crippen molar-refractivity contribution in [1.29, 1.82) is 0 Å². The highest BCUT2D eigenvalue weighted by molar-refractivity contribution is 5.79. The van der Waals surface area contributed by atoms with Crippen LogP contribution in [0.4, 0.5) is 0 Å². The molecule has 1 aliphatic carbocycles. The molecular weight excluding hydrogens is 352 g/mol. The van der Waals surface area contributed by atoms with Crippen LogP contribution in [0.5, 0.6) is 0 Å². The number of rotatable bonds is 9. The Morgan fingerprint density at radius 1 is 1.11 bits per heavy atom. The standard InChI is InChI=1S/C22H42N4O2/c1-23-21(24-12-8-15-27-17-20-9-16-28-18-20)25-19-22(10-4-2-5-11-22)26-13-6-3-7-14-26/h20H,2-19H2,1H3,(H2,23,24,25). The van der Waals surface area contributed by atoms with Gasteiger partial charge in [0.1, 0.15) is 0 Å². The van der Waals surface area contributed by atoms with E-state index < -0.39 is 0 Å². The van der Waals surface area contributed by atoms with Gasteiger partial charge in [-0.1, -0.05) is 25.7 Å². The molecule has 3 rings (SSSR count). The zero-order valence-corrected chi connectivity index (χ0v) is 18.0. The first-order chi connectivity index (χ1) is 13.8. The molecule has 3 fully saturated rings. The van der Waals surface area contributed by atoms with Gasteiger partial charge in [-0.15, -0.1) is 0 Å². The molecule has 0 aromatic rings. The minimum absolute atomic E-state index is 0.336. The van der Waals surface area contributed by atoms with Crippen LogP contribution in [0.2, 0.25) is 0 Å². The first-order valence-corrected chi connectivity index (χ1v) is 11.7.